The van der Waals surface area contributed by atoms with Crippen molar-refractivity contribution in [1.29, 1.82) is 0 Å². The van der Waals surface area contributed by atoms with E-state index in [2.05, 4.69) is 52.5 Å². The van der Waals surface area contributed by atoms with Crippen LogP contribution in [0.4, 0.5) is 0 Å². The van der Waals surface area contributed by atoms with Crippen molar-refractivity contribution in [2.24, 2.45) is 0 Å². The Labute approximate surface area is 127 Å². The number of rotatable bonds is 5. The van der Waals surface area contributed by atoms with Crippen LogP contribution in [-0.4, -0.2) is 54.2 Å². The SMILES string of the molecule is CN(C1CCNC1)[C@H](CN1C=C(O)CC1)c1ccccc1. The molecule has 2 aliphatic heterocycles. The second kappa shape index (κ2) is 6.50. The Kier molecular flexibility index (Phi) is 4.46. The predicted molar refractivity (Wildman–Crippen MR) is 85.1 cm³/mol. The first-order valence-electron chi connectivity index (χ1n) is 7.85. The molecule has 0 aromatic heterocycles. The van der Waals surface area contributed by atoms with Crippen molar-refractivity contribution in [1.82, 2.24) is 15.1 Å². The molecule has 0 aliphatic carbocycles. The van der Waals surface area contributed by atoms with Gasteiger partial charge >= 0.3 is 0 Å². The van der Waals surface area contributed by atoms with E-state index in [1.807, 2.05) is 6.20 Å². The van der Waals surface area contributed by atoms with E-state index >= 15 is 0 Å². The van der Waals surface area contributed by atoms with Crippen LogP contribution in [0.15, 0.2) is 42.3 Å². The molecule has 1 saturated heterocycles. The van der Waals surface area contributed by atoms with Gasteiger partial charge in [0.05, 0.1) is 6.04 Å². The van der Waals surface area contributed by atoms with Gasteiger partial charge in [0.2, 0.25) is 0 Å². The minimum absolute atomic E-state index is 0.359. The Morgan fingerprint density at radius 2 is 2.19 bits per heavy atom. The molecule has 4 heteroatoms. The van der Waals surface area contributed by atoms with Crippen molar-refractivity contribution < 1.29 is 5.11 Å². The van der Waals surface area contributed by atoms with Gasteiger partial charge in [0.25, 0.3) is 0 Å². The smallest absolute Gasteiger partial charge is 0.110 e. The van der Waals surface area contributed by atoms with Crippen LogP contribution in [0.5, 0.6) is 0 Å². The number of nitrogens with zero attached hydrogens (tertiary/aromatic N) is 2. The number of aliphatic hydroxyl groups is 1. The summed E-state index contributed by atoms with van der Waals surface area (Å²) >= 11 is 0. The van der Waals surface area contributed by atoms with E-state index < -0.39 is 0 Å². The third-order valence-corrected chi connectivity index (χ3v) is 4.68. The lowest BCUT2D eigenvalue weighted by Gasteiger charge is -2.35. The fraction of sp³-hybridized carbons (Fsp3) is 0.529. The molecule has 2 heterocycles. The number of hydrogen-bond acceptors (Lipinski definition) is 4. The Bertz CT molecular complexity index is 482. The van der Waals surface area contributed by atoms with Crippen LogP contribution in [-0.2, 0) is 0 Å². The van der Waals surface area contributed by atoms with Crippen molar-refractivity contribution >= 4 is 0 Å². The maximum Gasteiger partial charge on any atom is 0.110 e. The summed E-state index contributed by atoms with van der Waals surface area (Å²) in [4.78, 5) is 4.74. The molecule has 1 aromatic rings. The highest BCUT2D eigenvalue weighted by Gasteiger charge is 2.28. The molecule has 1 unspecified atom stereocenters. The molecule has 0 spiro atoms. The van der Waals surface area contributed by atoms with Crippen molar-refractivity contribution in [2.45, 2.75) is 24.9 Å². The molecular formula is C17H25N3O. The number of benzene rings is 1. The lowest BCUT2D eigenvalue weighted by Crippen LogP contribution is -2.41. The second-order valence-corrected chi connectivity index (χ2v) is 6.10. The summed E-state index contributed by atoms with van der Waals surface area (Å²) in [5.41, 5.74) is 1.35. The van der Waals surface area contributed by atoms with Crippen LogP contribution >= 0.6 is 0 Å². The largest absolute Gasteiger partial charge is 0.511 e. The minimum atomic E-state index is 0.359. The highest BCUT2D eigenvalue weighted by Crippen LogP contribution is 2.26. The van der Waals surface area contributed by atoms with Crippen molar-refractivity contribution in [2.75, 3.05) is 33.2 Å². The zero-order valence-corrected chi connectivity index (χ0v) is 12.7. The molecule has 0 amide bonds. The summed E-state index contributed by atoms with van der Waals surface area (Å²) in [5.74, 6) is 0.506. The monoisotopic (exact) mass is 287 g/mol. The van der Waals surface area contributed by atoms with E-state index in [1.54, 1.807) is 0 Å². The molecule has 3 rings (SSSR count). The van der Waals surface area contributed by atoms with Gasteiger partial charge in [0, 0.05) is 38.3 Å². The summed E-state index contributed by atoms with van der Waals surface area (Å²) in [6, 6.07) is 11.7. The van der Waals surface area contributed by atoms with Crippen molar-refractivity contribution in [3.63, 3.8) is 0 Å². The van der Waals surface area contributed by atoms with E-state index in [4.69, 9.17) is 0 Å². The van der Waals surface area contributed by atoms with Crippen LogP contribution in [0, 0.1) is 0 Å². The summed E-state index contributed by atoms with van der Waals surface area (Å²) in [6.45, 7) is 4.04. The molecule has 0 saturated carbocycles. The van der Waals surface area contributed by atoms with Crippen LogP contribution in [0.2, 0.25) is 0 Å². The van der Waals surface area contributed by atoms with E-state index in [-0.39, 0.29) is 0 Å². The molecule has 2 atom stereocenters. The highest BCUT2D eigenvalue weighted by molar-refractivity contribution is 5.20. The van der Waals surface area contributed by atoms with Gasteiger partial charge in [0.15, 0.2) is 0 Å². The molecule has 4 nitrogen and oxygen atoms in total. The zero-order chi connectivity index (χ0) is 14.7. The van der Waals surface area contributed by atoms with Crippen molar-refractivity contribution in [3.8, 4) is 0 Å². The zero-order valence-electron chi connectivity index (χ0n) is 12.7. The Morgan fingerprint density at radius 1 is 1.38 bits per heavy atom. The van der Waals surface area contributed by atoms with Gasteiger partial charge in [0.1, 0.15) is 5.76 Å². The Hall–Kier alpha value is -1.52. The number of hydrogen-bond donors (Lipinski definition) is 2. The molecular weight excluding hydrogens is 262 g/mol. The molecule has 2 N–H and O–H groups in total. The summed E-state index contributed by atoms with van der Waals surface area (Å²) in [6.07, 6.45) is 3.88. The van der Waals surface area contributed by atoms with Gasteiger partial charge in [-0.2, -0.15) is 0 Å². The van der Waals surface area contributed by atoms with Crippen LogP contribution < -0.4 is 5.32 Å². The van der Waals surface area contributed by atoms with Gasteiger partial charge in [-0.25, -0.2) is 0 Å². The first-order chi connectivity index (χ1) is 10.2. The second-order valence-electron chi connectivity index (χ2n) is 6.10. The number of likely N-dealkylation sites (N-methyl/N-ethyl adjacent to an activating group) is 1. The van der Waals surface area contributed by atoms with Crippen molar-refractivity contribution in [3.05, 3.63) is 47.9 Å². The van der Waals surface area contributed by atoms with Gasteiger partial charge in [-0.05, 0) is 25.6 Å². The molecule has 0 bridgehead atoms. The summed E-state index contributed by atoms with van der Waals surface area (Å²) in [7, 11) is 2.23. The van der Waals surface area contributed by atoms with E-state index in [9.17, 15) is 5.11 Å². The highest BCUT2D eigenvalue weighted by atomic mass is 16.3. The fourth-order valence-electron chi connectivity index (χ4n) is 3.35. The standard InChI is InChI=1S/C17H25N3O/c1-19(15-7-9-18-11-15)17(14-5-3-2-4-6-14)13-20-10-8-16(21)12-20/h2-6,12,15,17-18,21H,7-11,13H2,1H3/t15?,17-/m1/s1. The lowest BCUT2D eigenvalue weighted by molar-refractivity contribution is 0.153. The van der Waals surface area contributed by atoms with Gasteiger partial charge < -0.3 is 15.3 Å². The molecule has 1 aromatic carbocycles. The van der Waals surface area contributed by atoms with Gasteiger partial charge in [-0.15, -0.1) is 0 Å². The van der Waals surface area contributed by atoms with E-state index in [1.165, 1.54) is 12.0 Å². The third kappa shape index (κ3) is 3.39. The predicted octanol–water partition coefficient (Wildman–Crippen LogP) is 2.13. The number of aliphatic hydroxyl groups excluding tert-OH is 1. The first-order valence-corrected chi connectivity index (χ1v) is 7.85. The maximum atomic E-state index is 9.63. The Balaban J connectivity index is 1.77. The normalized spacial score (nSPS) is 23.6. The first kappa shape index (κ1) is 14.4. The van der Waals surface area contributed by atoms with Gasteiger partial charge in [-0.3, -0.25) is 4.90 Å². The topological polar surface area (TPSA) is 38.7 Å². The molecule has 1 fully saturated rings. The average Bonchev–Trinajstić information content (AvgIpc) is 3.16. The summed E-state index contributed by atoms with van der Waals surface area (Å²) in [5, 5.41) is 13.1. The quantitative estimate of drug-likeness (QED) is 0.870. The fourth-order valence-corrected chi connectivity index (χ4v) is 3.35. The van der Waals surface area contributed by atoms with E-state index in [0.29, 0.717) is 17.8 Å². The average molecular weight is 287 g/mol. The molecule has 21 heavy (non-hydrogen) atoms. The number of nitrogens with one attached hydrogen (secondary N) is 1. The molecule has 114 valence electrons. The lowest BCUT2D eigenvalue weighted by atomic mass is 10.0. The van der Waals surface area contributed by atoms with E-state index in [0.717, 1.165) is 32.6 Å². The third-order valence-electron chi connectivity index (χ3n) is 4.68. The Morgan fingerprint density at radius 3 is 2.81 bits per heavy atom. The maximum absolute atomic E-state index is 9.63. The minimum Gasteiger partial charge on any atom is -0.511 e. The van der Waals surface area contributed by atoms with Crippen LogP contribution in [0.1, 0.15) is 24.4 Å². The molecule has 2 aliphatic rings. The van der Waals surface area contributed by atoms with Crippen LogP contribution in [0.25, 0.3) is 0 Å². The molecule has 0 radical (unpaired) electrons. The van der Waals surface area contributed by atoms with Crippen LogP contribution in [0.3, 0.4) is 0 Å². The van der Waals surface area contributed by atoms with Gasteiger partial charge in [-0.1, -0.05) is 30.3 Å². The summed E-state index contributed by atoms with van der Waals surface area (Å²) < 4.78 is 0.